The summed E-state index contributed by atoms with van der Waals surface area (Å²) < 4.78 is 4.39. The number of carbonyl (C=O) groups excluding carboxylic acids is 1. The van der Waals surface area contributed by atoms with Crippen molar-refractivity contribution in [3.05, 3.63) is 35.7 Å². The number of piperazine rings is 1. The summed E-state index contributed by atoms with van der Waals surface area (Å²) in [5.74, 6) is 1.77. The lowest BCUT2D eigenvalue weighted by atomic mass is 10.2. The van der Waals surface area contributed by atoms with E-state index in [0.29, 0.717) is 0 Å². The fourth-order valence-corrected chi connectivity index (χ4v) is 4.68. The summed E-state index contributed by atoms with van der Waals surface area (Å²) >= 11 is 1.47. The first-order valence-electron chi connectivity index (χ1n) is 10.7. The lowest BCUT2D eigenvalue weighted by Gasteiger charge is -2.36. The molecule has 1 fully saturated rings. The topological polar surface area (TPSA) is 77.0 Å². The zero-order valence-electron chi connectivity index (χ0n) is 17.7. The Morgan fingerprint density at radius 3 is 2.70 bits per heavy atom. The molecule has 1 amide bonds. The van der Waals surface area contributed by atoms with Crippen molar-refractivity contribution in [2.24, 2.45) is 4.99 Å². The Hall–Kier alpha value is -2.68. The monoisotopic (exact) mass is 427 g/mol. The molecule has 0 unspecified atom stereocenters. The maximum absolute atomic E-state index is 12.8. The van der Waals surface area contributed by atoms with Crippen LogP contribution in [0.15, 0.2) is 29.3 Å². The number of rotatable bonds is 5. The third kappa shape index (κ3) is 4.40. The summed E-state index contributed by atoms with van der Waals surface area (Å²) in [6.45, 7) is 9.23. The Balaban J connectivity index is 1.37. The Bertz CT molecular complexity index is 904. The number of aryl methyl sites for hydroxylation is 1. The molecule has 8 nitrogen and oxygen atoms in total. The van der Waals surface area contributed by atoms with E-state index in [1.54, 1.807) is 0 Å². The highest BCUT2D eigenvalue weighted by Gasteiger charge is 2.25. The number of anilines is 2. The maximum Gasteiger partial charge on any atom is 0.248 e. The number of guanidine groups is 1. The third-order valence-corrected chi connectivity index (χ3v) is 6.33. The van der Waals surface area contributed by atoms with Gasteiger partial charge in [-0.25, -0.2) is 9.98 Å². The highest BCUT2D eigenvalue weighted by atomic mass is 32.1. The standard InChI is InChI=1S/C21H29N7OS/c1-3-18-24-21(30-25-18)27-13-11-26(12-14-27)20(22-4-2)23-15-19(29)28-10-9-16-7-5-6-8-17(16)28/h5-8H,3-4,9-15H2,1-2H3,(H,22,23). The molecule has 0 radical (unpaired) electrons. The smallest absolute Gasteiger partial charge is 0.248 e. The number of carbonyl (C=O) groups is 1. The van der Waals surface area contributed by atoms with E-state index in [1.165, 1.54) is 17.1 Å². The molecule has 160 valence electrons. The molecule has 3 heterocycles. The molecule has 2 aliphatic heterocycles. The van der Waals surface area contributed by atoms with Gasteiger partial charge < -0.3 is 20.0 Å². The van der Waals surface area contributed by atoms with Gasteiger partial charge >= 0.3 is 0 Å². The Morgan fingerprint density at radius 1 is 1.17 bits per heavy atom. The second-order valence-corrected chi connectivity index (χ2v) is 8.15. The van der Waals surface area contributed by atoms with E-state index < -0.39 is 0 Å². The predicted molar refractivity (Wildman–Crippen MR) is 122 cm³/mol. The minimum absolute atomic E-state index is 0.0509. The van der Waals surface area contributed by atoms with Crippen molar-refractivity contribution in [2.45, 2.75) is 26.7 Å². The molecule has 30 heavy (non-hydrogen) atoms. The highest BCUT2D eigenvalue weighted by molar-refractivity contribution is 7.09. The number of aliphatic imine (C=N–C) groups is 1. The molecular formula is C21H29N7OS. The minimum Gasteiger partial charge on any atom is -0.357 e. The van der Waals surface area contributed by atoms with E-state index in [-0.39, 0.29) is 12.5 Å². The van der Waals surface area contributed by atoms with Gasteiger partial charge in [0.25, 0.3) is 0 Å². The maximum atomic E-state index is 12.8. The number of hydrogen-bond donors (Lipinski definition) is 1. The van der Waals surface area contributed by atoms with Gasteiger partial charge in [0.15, 0.2) is 5.96 Å². The van der Waals surface area contributed by atoms with Crippen LogP contribution in [0.1, 0.15) is 25.2 Å². The number of hydrogen-bond acceptors (Lipinski definition) is 6. The van der Waals surface area contributed by atoms with Crippen LogP contribution in [0.4, 0.5) is 10.8 Å². The molecule has 2 aromatic rings. The van der Waals surface area contributed by atoms with Gasteiger partial charge in [-0.15, -0.1) is 0 Å². The molecule has 1 N–H and O–H groups in total. The summed E-state index contributed by atoms with van der Waals surface area (Å²) in [4.78, 5) is 28.5. The van der Waals surface area contributed by atoms with Crippen LogP contribution in [0.5, 0.6) is 0 Å². The second kappa shape index (κ2) is 9.42. The normalized spacial score (nSPS) is 16.7. The lowest BCUT2D eigenvalue weighted by Crippen LogP contribution is -2.52. The molecule has 0 aliphatic carbocycles. The first kappa shape index (κ1) is 20.6. The van der Waals surface area contributed by atoms with Crippen molar-refractivity contribution in [1.82, 2.24) is 19.6 Å². The number of amides is 1. The lowest BCUT2D eigenvalue weighted by molar-refractivity contribution is -0.117. The molecule has 0 spiro atoms. The van der Waals surface area contributed by atoms with Crippen LogP contribution in [0.25, 0.3) is 0 Å². The summed E-state index contributed by atoms with van der Waals surface area (Å²) in [5, 5.41) is 4.34. The van der Waals surface area contributed by atoms with Crippen LogP contribution in [0.3, 0.4) is 0 Å². The van der Waals surface area contributed by atoms with E-state index in [9.17, 15) is 4.79 Å². The average Bonchev–Trinajstić information content (AvgIpc) is 3.44. The van der Waals surface area contributed by atoms with Crippen molar-refractivity contribution >= 4 is 34.2 Å². The molecule has 4 rings (SSSR count). The molecule has 1 saturated heterocycles. The van der Waals surface area contributed by atoms with E-state index in [4.69, 9.17) is 0 Å². The van der Waals surface area contributed by atoms with Gasteiger partial charge in [-0.05, 0) is 25.0 Å². The van der Waals surface area contributed by atoms with Crippen molar-refractivity contribution in [2.75, 3.05) is 55.6 Å². The van der Waals surface area contributed by atoms with E-state index in [1.807, 2.05) is 23.1 Å². The molecule has 9 heteroatoms. The fraction of sp³-hybridized carbons (Fsp3) is 0.524. The Morgan fingerprint density at radius 2 is 1.97 bits per heavy atom. The number of nitrogens with one attached hydrogen (secondary N) is 1. The molecule has 0 atom stereocenters. The van der Waals surface area contributed by atoms with Crippen molar-refractivity contribution < 1.29 is 4.79 Å². The molecular weight excluding hydrogens is 398 g/mol. The quantitative estimate of drug-likeness (QED) is 0.579. The first-order chi connectivity index (χ1) is 14.7. The molecule has 0 bridgehead atoms. The Kier molecular flexibility index (Phi) is 6.47. The van der Waals surface area contributed by atoms with Gasteiger partial charge in [-0.1, -0.05) is 25.1 Å². The number of para-hydroxylation sites is 1. The second-order valence-electron chi connectivity index (χ2n) is 7.42. The SMILES string of the molecule is CCNC(=NCC(=O)N1CCc2ccccc21)N1CCN(c2nc(CC)ns2)CC1. The number of nitrogens with zero attached hydrogens (tertiary/aromatic N) is 6. The number of aromatic nitrogens is 2. The number of benzene rings is 1. The molecule has 1 aromatic heterocycles. The molecule has 1 aromatic carbocycles. The average molecular weight is 428 g/mol. The van der Waals surface area contributed by atoms with Crippen LogP contribution in [-0.2, 0) is 17.6 Å². The highest BCUT2D eigenvalue weighted by Crippen LogP contribution is 2.27. The van der Waals surface area contributed by atoms with Crippen LogP contribution in [-0.4, -0.2) is 71.9 Å². The van der Waals surface area contributed by atoms with Gasteiger partial charge in [-0.2, -0.15) is 4.37 Å². The van der Waals surface area contributed by atoms with E-state index in [2.05, 4.69) is 49.4 Å². The van der Waals surface area contributed by atoms with Gasteiger partial charge in [0.05, 0.1) is 0 Å². The Labute approximate surface area is 181 Å². The predicted octanol–water partition coefficient (Wildman–Crippen LogP) is 1.78. The van der Waals surface area contributed by atoms with Crippen LogP contribution >= 0.6 is 11.5 Å². The first-order valence-corrected chi connectivity index (χ1v) is 11.5. The molecule has 0 saturated carbocycles. The van der Waals surface area contributed by atoms with Gasteiger partial charge in [0, 0.05) is 62.9 Å². The third-order valence-electron chi connectivity index (χ3n) is 5.51. The largest absolute Gasteiger partial charge is 0.357 e. The van der Waals surface area contributed by atoms with E-state index in [0.717, 1.165) is 74.7 Å². The van der Waals surface area contributed by atoms with E-state index >= 15 is 0 Å². The van der Waals surface area contributed by atoms with Crippen molar-refractivity contribution in [1.29, 1.82) is 0 Å². The zero-order chi connectivity index (χ0) is 20.9. The van der Waals surface area contributed by atoms with Crippen LogP contribution < -0.4 is 15.1 Å². The summed E-state index contributed by atoms with van der Waals surface area (Å²) in [5.41, 5.74) is 2.26. The van der Waals surface area contributed by atoms with Crippen molar-refractivity contribution in [3.63, 3.8) is 0 Å². The minimum atomic E-state index is 0.0509. The van der Waals surface area contributed by atoms with Crippen molar-refractivity contribution in [3.8, 4) is 0 Å². The fourth-order valence-electron chi connectivity index (χ4n) is 3.88. The summed E-state index contributed by atoms with van der Waals surface area (Å²) in [6.07, 6.45) is 1.78. The molecule has 2 aliphatic rings. The van der Waals surface area contributed by atoms with Gasteiger partial charge in [0.2, 0.25) is 11.0 Å². The zero-order valence-corrected chi connectivity index (χ0v) is 18.5. The van der Waals surface area contributed by atoms with Gasteiger partial charge in [-0.3, -0.25) is 4.79 Å². The van der Waals surface area contributed by atoms with Crippen LogP contribution in [0, 0.1) is 0 Å². The number of fused-ring (bicyclic) bond motifs is 1. The van der Waals surface area contributed by atoms with Crippen LogP contribution in [0.2, 0.25) is 0 Å². The summed E-state index contributed by atoms with van der Waals surface area (Å²) in [7, 11) is 0. The van der Waals surface area contributed by atoms with Gasteiger partial charge in [0.1, 0.15) is 12.4 Å². The summed E-state index contributed by atoms with van der Waals surface area (Å²) in [6, 6.07) is 8.13.